The van der Waals surface area contributed by atoms with Gasteiger partial charge in [-0.25, -0.2) is 4.98 Å². The van der Waals surface area contributed by atoms with Crippen molar-refractivity contribution in [3.05, 3.63) is 22.7 Å². The average Bonchev–Trinajstić information content (AvgIpc) is 2.45. The third-order valence-electron chi connectivity index (χ3n) is 1.48. The molecule has 0 saturated carbocycles. The van der Waals surface area contributed by atoms with Crippen LogP contribution in [0.4, 0.5) is 5.82 Å². The lowest BCUT2D eigenvalue weighted by molar-refractivity contribution is 1.38. The molecule has 0 unspecified atom stereocenters. The minimum Gasteiger partial charge on any atom is -0.383 e. The third kappa shape index (κ3) is 0.968. The molecule has 2 aromatic heterocycles. The van der Waals surface area contributed by atoms with E-state index >= 15 is 0 Å². The molecule has 0 aliphatic carbocycles. The van der Waals surface area contributed by atoms with Crippen LogP contribution >= 0.6 is 22.9 Å². The molecule has 56 valence electrons. The first-order chi connectivity index (χ1) is 5.29. The second-order valence-corrected chi connectivity index (χ2v) is 3.48. The van der Waals surface area contributed by atoms with Gasteiger partial charge in [0.15, 0.2) is 0 Å². The summed E-state index contributed by atoms with van der Waals surface area (Å²) in [5, 5.41) is 3.57. The molecule has 0 aliphatic heterocycles. The van der Waals surface area contributed by atoms with Gasteiger partial charge in [0.1, 0.15) is 5.82 Å². The first-order valence-corrected chi connectivity index (χ1v) is 4.32. The van der Waals surface area contributed by atoms with Gasteiger partial charge in [-0.3, -0.25) is 0 Å². The number of nitrogens with zero attached hydrogens (tertiary/aromatic N) is 1. The Hall–Kier alpha value is -0.800. The SMILES string of the molecule is Nc1ncc(Cl)c2sccc12. The van der Waals surface area contributed by atoms with E-state index in [1.165, 1.54) is 0 Å². The van der Waals surface area contributed by atoms with Crippen LogP contribution in [0.1, 0.15) is 0 Å². The van der Waals surface area contributed by atoms with Gasteiger partial charge in [-0.05, 0) is 11.4 Å². The van der Waals surface area contributed by atoms with Crippen molar-refractivity contribution in [3.8, 4) is 0 Å². The second kappa shape index (κ2) is 2.36. The number of pyridine rings is 1. The molecular formula is C7H5ClN2S. The topological polar surface area (TPSA) is 38.9 Å². The number of thiophene rings is 1. The molecule has 2 aromatic rings. The Bertz CT molecular complexity index is 360. The maximum absolute atomic E-state index is 5.86. The predicted molar refractivity (Wildman–Crippen MR) is 49.0 cm³/mol. The molecule has 0 aromatic carbocycles. The second-order valence-electron chi connectivity index (χ2n) is 2.15. The highest BCUT2D eigenvalue weighted by molar-refractivity contribution is 7.18. The first kappa shape index (κ1) is 6.88. The first-order valence-electron chi connectivity index (χ1n) is 3.06. The quantitative estimate of drug-likeness (QED) is 0.684. The van der Waals surface area contributed by atoms with E-state index in [0.717, 1.165) is 10.1 Å². The van der Waals surface area contributed by atoms with Crippen LogP contribution in [0.5, 0.6) is 0 Å². The molecule has 2 N–H and O–H groups in total. The Morgan fingerprint density at radius 2 is 2.36 bits per heavy atom. The number of rotatable bonds is 0. The zero-order valence-electron chi connectivity index (χ0n) is 5.54. The summed E-state index contributed by atoms with van der Waals surface area (Å²) in [5.41, 5.74) is 5.61. The van der Waals surface area contributed by atoms with Crippen molar-refractivity contribution in [2.75, 3.05) is 5.73 Å². The van der Waals surface area contributed by atoms with Gasteiger partial charge in [-0.2, -0.15) is 0 Å². The number of hydrogen-bond acceptors (Lipinski definition) is 3. The predicted octanol–water partition coefficient (Wildman–Crippen LogP) is 2.53. The standard InChI is InChI=1S/C7H5ClN2S/c8-5-3-10-7(9)4-1-2-11-6(4)5/h1-3H,(H2,9,10). The number of anilines is 1. The van der Waals surface area contributed by atoms with Gasteiger partial charge >= 0.3 is 0 Å². The molecule has 2 nitrogen and oxygen atoms in total. The Balaban J connectivity index is 2.96. The molecule has 0 atom stereocenters. The van der Waals surface area contributed by atoms with Crippen LogP contribution in [0.25, 0.3) is 10.1 Å². The van der Waals surface area contributed by atoms with Crippen LogP contribution in [0.3, 0.4) is 0 Å². The van der Waals surface area contributed by atoms with Crippen LogP contribution in [0, 0.1) is 0 Å². The summed E-state index contributed by atoms with van der Waals surface area (Å²) in [7, 11) is 0. The molecule has 0 radical (unpaired) electrons. The average molecular weight is 185 g/mol. The van der Waals surface area contributed by atoms with Crippen molar-refractivity contribution in [1.29, 1.82) is 0 Å². The van der Waals surface area contributed by atoms with E-state index in [1.807, 2.05) is 11.4 Å². The lowest BCUT2D eigenvalue weighted by Crippen LogP contribution is -1.88. The smallest absolute Gasteiger partial charge is 0.132 e. The van der Waals surface area contributed by atoms with Crippen molar-refractivity contribution < 1.29 is 0 Å². The highest BCUT2D eigenvalue weighted by atomic mass is 35.5. The van der Waals surface area contributed by atoms with Crippen LogP contribution in [-0.4, -0.2) is 4.98 Å². The van der Waals surface area contributed by atoms with Crippen LogP contribution in [0.15, 0.2) is 17.6 Å². The van der Waals surface area contributed by atoms with E-state index < -0.39 is 0 Å². The van der Waals surface area contributed by atoms with Crippen molar-refractivity contribution in [2.24, 2.45) is 0 Å². The van der Waals surface area contributed by atoms with Crippen molar-refractivity contribution in [3.63, 3.8) is 0 Å². The van der Waals surface area contributed by atoms with Gasteiger partial charge in [0.25, 0.3) is 0 Å². The van der Waals surface area contributed by atoms with Crippen molar-refractivity contribution in [1.82, 2.24) is 4.98 Å². The number of halogens is 1. The van der Waals surface area contributed by atoms with Gasteiger partial charge in [0.05, 0.1) is 9.72 Å². The molecule has 0 amide bonds. The fourth-order valence-corrected chi connectivity index (χ4v) is 2.04. The number of aromatic nitrogens is 1. The summed E-state index contributed by atoms with van der Waals surface area (Å²) < 4.78 is 1.01. The van der Waals surface area contributed by atoms with Crippen LogP contribution < -0.4 is 5.73 Å². The Morgan fingerprint density at radius 3 is 3.09 bits per heavy atom. The number of hydrogen-bond donors (Lipinski definition) is 1. The van der Waals surface area contributed by atoms with Crippen LogP contribution in [0.2, 0.25) is 5.02 Å². The lowest BCUT2D eigenvalue weighted by Gasteiger charge is -1.95. The largest absolute Gasteiger partial charge is 0.383 e. The third-order valence-corrected chi connectivity index (χ3v) is 2.82. The summed E-state index contributed by atoms with van der Waals surface area (Å²) in [4.78, 5) is 3.93. The van der Waals surface area contributed by atoms with Gasteiger partial charge in [-0.15, -0.1) is 11.3 Å². The number of nitrogens with two attached hydrogens (primary N) is 1. The van der Waals surface area contributed by atoms with Gasteiger partial charge in [-0.1, -0.05) is 11.6 Å². The van der Waals surface area contributed by atoms with E-state index in [-0.39, 0.29) is 0 Å². The molecular weight excluding hydrogens is 180 g/mol. The summed E-state index contributed by atoms with van der Waals surface area (Å²) in [6, 6.07) is 1.92. The Labute approximate surface area is 72.6 Å². The van der Waals surface area contributed by atoms with E-state index in [1.54, 1.807) is 17.5 Å². The summed E-state index contributed by atoms with van der Waals surface area (Å²) in [6.45, 7) is 0. The van der Waals surface area contributed by atoms with E-state index in [2.05, 4.69) is 4.98 Å². The normalized spacial score (nSPS) is 10.6. The minimum atomic E-state index is 0.547. The van der Waals surface area contributed by atoms with Gasteiger partial charge in [0.2, 0.25) is 0 Å². The van der Waals surface area contributed by atoms with E-state index in [9.17, 15) is 0 Å². The summed E-state index contributed by atoms with van der Waals surface area (Å²) in [5.74, 6) is 0.547. The van der Waals surface area contributed by atoms with E-state index in [0.29, 0.717) is 10.8 Å². The molecule has 2 heterocycles. The summed E-state index contributed by atoms with van der Waals surface area (Å²) >= 11 is 7.44. The fourth-order valence-electron chi connectivity index (χ4n) is 0.950. The highest BCUT2D eigenvalue weighted by Crippen LogP contribution is 2.30. The molecule has 4 heteroatoms. The zero-order valence-corrected chi connectivity index (χ0v) is 7.12. The zero-order chi connectivity index (χ0) is 7.84. The molecule has 0 spiro atoms. The number of fused-ring (bicyclic) bond motifs is 1. The monoisotopic (exact) mass is 184 g/mol. The maximum atomic E-state index is 5.86. The molecule has 0 bridgehead atoms. The Kier molecular flexibility index (Phi) is 1.47. The van der Waals surface area contributed by atoms with Crippen molar-refractivity contribution >= 4 is 38.8 Å². The summed E-state index contributed by atoms with van der Waals surface area (Å²) in [6.07, 6.45) is 1.58. The van der Waals surface area contributed by atoms with Gasteiger partial charge in [0, 0.05) is 11.6 Å². The maximum Gasteiger partial charge on any atom is 0.132 e. The van der Waals surface area contributed by atoms with Crippen molar-refractivity contribution in [2.45, 2.75) is 0 Å². The minimum absolute atomic E-state index is 0.547. The molecule has 11 heavy (non-hydrogen) atoms. The molecule has 0 fully saturated rings. The molecule has 0 aliphatic rings. The molecule has 0 saturated heterocycles. The highest BCUT2D eigenvalue weighted by Gasteiger charge is 2.03. The number of nitrogen functional groups attached to an aromatic ring is 1. The van der Waals surface area contributed by atoms with Gasteiger partial charge < -0.3 is 5.73 Å². The fraction of sp³-hybridized carbons (Fsp3) is 0. The Morgan fingerprint density at radius 1 is 1.55 bits per heavy atom. The molecule has 2 rings (SSSR count). The van der Waals surface area contributed by atoms with E-state index in [4.69, 9.17) is 17.3 Å². The van der Waals surface area contributed by atoms with Crippen LogP contribution in [-0.2, 0) is 0 Å². The lowest BCUT2D eigenvalue weighted by atomic mass is 10.3.